The Morgan fingerprint density at radius 3 is 2.55 bits per heavy atom. The van der Waals surface area contributed by atoms with E-state index in [4.69, 9.17) is 23.7 Å². The van der Waals surface area contributed by atoms with Gasteiger partial charge in [0.1, 0.15) is 18.8 Å². The summed E-state index contributed by atoms with van der Waals surface area (Å²) in [5, 5.41) is 35.7. The Bertz CT molecular complexity index is 1200. The predicted molar refractivity (Wildman–Crippen MR) is 137 cm³/mol. The highest BCUT2D eigenvalue weighted by Crippen LogP contribution is 2.68. The number of aliphatic hydroxyl groups is 3. The number of rotatable bonds is 2. The molecule has 0 radical (unpaired) electrons. The number of cyclic esters (lactones) is 1. The molecule has 3 N–H and O–H groups in total. The molecule has 0 aromatic heterocycles. The van der Waals surface area contributed by atoms with Crippen molar-refractivity contribution in [1.82, 2.24) is 0 Å². The summed E-state index contributed by atoms with van der Waals surface area (Å²) < 4.78 is 29.4. The third kappa shape index (κ3) is 3.30. The maximum Gasteiger partial charge on any atom is 0.331 e. The largest absolute Gasteiger partial charge is 0.458 e. The van der Waals surface area contributed by atoms with E-state index in [1.54, 1.807) is 6.92 Å². The molecule has 3 aliphatic heterocycles. The minimum absolute atomic E-state index is 0.0698. The Balaban J connectivity index is 1.21. The number of carbonyl (C=O) groups is 2. The maximum atomic E-state index is 14.3. The first-order valence-electron chi connectivity index (χ1n) is 14.6. The molecule has 0 bridgehead atoms. The van der Waals surface area contributed by atoms with E-state index in [1.807, 2.05) is 13.0 Å². The van der Waals surface area contributed by atoms with Gasteiger partial charge in [-0.15, -0.1) is 0 Å². The van der Waals surface area contributed by atoms with Gasteiger partial charge in [0.15, 0.2) is 5.78 Å². The zero-order valence-corrected chi connectivity index (χ0v) is 23.5. The molecule has 10 nitrogen and oxygen atoms in total. The van der Waals surface area contributed by atoms with Gasteiger partial charge < -0.3 is 39.0 Å². The number of esters is 1. The van der Waals surface area contributed by atoms with Crippen LogP contribution in [-0.2, 0) is 33.3 Å². The van der Waals surface area contributed by atoms with Crippen LogP contribution in [0.4, 0.5) is 0 Å². The van der Waals surface area contributed by atoms with Crippen LogP contribution >= 0.6 is 0 Å². The summed E-state index contributed by atoms with van der Waals surface area (Å²) in [6.07, 6.45) is 2.47. The van der Waals surface area contributed by atoms with Crippen LogP contribution in [-0.4, -0.2) is 89.0 Å². The van der Waals surface area contributed by atoms with Crippen LogP contribution in [0, 0.1) is 28.6 Å². The molecule has 2 saturated heterocycles. The lowest BCUT2D eigenvalue weighted by Gasteiger charge is -2.65. The highest BCUT2D eigenvalue weighted by atomic mass is 16.8. The minimum Gasteiger partial charge on any atom is -0.458 e. The molecule has 13 atom stereocenters. The monoisotopic (exact) mass is 560 g/mol. The summed E-state index contributed by atoms with van der Waals surface area (Å²) in [6.45, 7) is 5.81. The highest BCUT2D eigenvalue weighted by molar-refractivity contribution is 5.91. The summed E-state index contributed by atoms with van der Waals surface area (Å²) in [6, 6.07) is 0. The topological polar surface area (TPSA) is 141 Å². The highest BCUT2D eigenvalue weighted by Gasteiger charge is 2.73. The average Bonchev–Trinajstić information content (AvgIpc) is 3.45. The lowest BCUT2D eigenvalue weighted by atomic mass is 9.42. The molecule has 7 rings (SSSR count). The first kappa shape index (κ1) is 27.2. The van der Waals surface area contributed by atoms with E-state index in [9.17, 15) is 24.9 Å². The Kier molecular flexibility index (Phi) is 5.91. The van der Waals surface area contributed by atoms with Crippen molar-refractivity contribution < 1.29 is 48.6 Å². The number of hydrogen-bond acceptors (Lipinski definition) is 10. The third-order valence-electron chi connectivity index (χ3n) is 11.9. The number of ketones is 1. The molecular formula is C30H40O10. The van der Waals surface area contributed by atoms with Crippen molar-refractivity contribution >= 4 is 11.8 Å². The van der Waals surface area contributed by atoms with Crippen LogP contribution in [0.15, 0.2) is 23.3 Å². The van der Waals surface area contributed by atoms with Gasteiger partial charge in [-0.2, -0.15) is 0 Å². The van der Waals surface area contributed by atoms with E-state index in [0.717, 1.165) is 6.42 Å². The Labute approximate surface area is 233 Å². The fraction of sp³-hybridized carbons (Fsp3) is 0.800. The van der Waals surface area contributed by atoms with E-state index >= 15 is 0 Å². The summed E-state index contributed by atoms with van der Waals surface area (Å²) >= 11 is 0. The number of aliphatic hydroxyl groups excluding tert-OH is 1. The van der Waals surface area contributed by atoms with Crippen LogP contribution in [0.1, 0.15) is 59.3 Å². The molecule has 0 spiro atoms. The Morgan fingerprint density at radius 1 is 1.07 bits per heavy atom. The Hall–Kier alpha value is -1.66. The van der Waals surface area contributed by atoms with Gasteiger partial charge in [-0.25, -0.2) is 4.79 Å². The van der Waals surface area contributed by atoms with Crippen LogP contribution in [0.2, 0.25) is 0 Å². The average molecular weight is 561 g/mol. The molecule has 3 saturated carbocycles. The van der Waals surface area contributed by atoms with Gasteiger partial charge in [-0.3, -0.25) is 4.79 Å². The van der Waals surface area contributed by atoms with E-state index in [-0.39, 0.29) is 42.9 Å². The van der Waals surface area contributed by atoms with E-state index in [1.165, 1.54) is 13.2 Å². The maximum absolute atomic E-state index is 14.3. The normalized spacial score (nSPS) is 55.2. The molecule has 40 heavy (non-hydrogen) atoms. The molecule has 10 heteroatoms. The SMILES string of the molecule is CO[C@@H]1C[C@@H](C)O[C@H]2O[C@@H]3C[C@H]4CC[C@@H]5[C@@H](C(=O)[C@@H](O)[C@]6(C)C(C7=CC(=O)OC7)=CC[C@]56O)[C@@]4(C)C[C@H]3O[C@]21O. The van der Waals surface area contributed by atoms with Gasteiger partial charge in [-0.1, -0.05) is 13.0 Å². The molecule has 0 unspecified atom stereocenters. The van der Waals surface area contributed by atoms with Gasteiger partial charge in [0.05, 0.1) is 29.3 Å². The lowest BCUT2D eigenvalue weighted by Crippen LogP contribution is -2.73. The van der Waals surface area contributed by atoms with Crippen molar-refractivity contribution in [2.75, 3.05) is 13.7 Å². The third-order valence-corrected chi connectivity index (χ3v) is 11.9. The zero-order chi connectivity index (χ0) is 28.4. The second kappa shape index (κ2) is 8.69. The quantitative estimate of drug-likeness (QED) is 0.336. The smallest absolute Gasteiger partial charge is 0.331 e. The van der Waals surface area contributed by atoms with Crippen molar-refractivity contribution in [1.29, 1.82) is 0 Å². The van der Waals surface area contributed by atoms with Gasteiger partial charge in [0.25, 0.3) is 0 Å². The van der Waals surface area contributed by atoms with Gasteiger partial charge >= 0.3 is 5.97 Å². The van der Waals surface area contributed by atoms with Crippen LogP contribution in [0.25, 0.3) is 0 Å². The summed E-state index contributed by atoms with van der Waals surface area (Å²) in [5.41, 5.74) is -1.96. The molecule has 0 aromatic rings. The summed E-state index contributed by atoms with van der Waals surface area (Å²) in [4.78, 5) is 26.1. The molecule has 5 fully saturated rings. The molecule has 3 heterocycles. The van der Waals surface area contributed by atoms with E-state index in [2.05, 4.69) is 6.92 Å². The summed E-state index contributed by atoms with van der Waals surface area (Å²) in [7, 11) is 1.53. The zero-order valence-electron chi connectivity index (χ0n) is 23.5. The molecule has 7 aliphatic rings. The van der Waals surface area contributed by atoms with Gasteiger partial charge in [0, 0.05) is 31.1 Å². The molecule has 4 aliphatic carbocycles. The van der Waals surface area contributed by atoms with Crippen LogP contribution in [0.5, 0.6) is 0 Å². The second-order valence-corrected chi connectivity index (χ2v) is 13.7. The summed E-state index contributed by atoms with van der Waals surface area (Å²) in [5.74, 6) is -3.39. The molecule has 0 aromatic carbocycles. The first-order valence-corrected chi connectivity index (χ1v) is 14.6. The van der Waals surface area contributed by atoms with E-state index < -0.39 is 58.7 Å². The van der Waals surface area contributed by atoms with Crippen molar-refractivity contribution in [3.63, 3.8) is 0 Å². The number of fused-ring (bicyclic) bond motifs is 7. The van der Waals surface area contributed by atoms with Crippen molar-refractivity contribution in [2.24, 2.45) is 28.6 Å². The first-order chi connectivity index (χ1) is 18.9. The standard InChI is InChI=1S/C30H40O10/c1-14-9-21(36-4)30(35)26(38-14)39-19-11-16-5-6-18-23(27(16,2)12-20(19)40-30)24(32)25(33)28(3)17(7-8-29(18,28)34)15-10-22(31)37-13-15/h7,10,14,16,18-21,23,25-26,33-35H,5-6,8-9,11-13H2,1-4H3/t14-,16-,18-,19-,20-,21-,23+,25-,26+,27+,28+,29+,30+/m1/s1. The molecule has 0 amide bonds. The van der Waals surface area contributed by atoms with Crippen molar-refractivity contribution in [3.8, 4) is 0 Å². The Morgan fingerprint density at radius 2 is 1.85 bits per heavy atom. The number of Topliss-reactive ketones (excluding diaryl/α,β-unsaturated/α-hetero) is 1. The lowest BCUT2D eigenvalue weighted by molar-refractivity contribution is -0.459. The molecular weight excluding hydrogens is 520 g/mol. The van der Waals surface area contributed by atoms with Crippen LogP contribution in [0.3, 0.4) is 0 Å². The predicted octanol–water partition coefficient (Wildman–Crippen LogP) is 1.55. The number of hydrogen-bond donors (Lipinski definition) is 3. The molecule has 220 valence electrons. The van der Waals surface area contributed by atoms with Gasteiger partial charge in [-0.05, 0) is 68.8 Å². The van der Waals surface area contributed by atoms with Crippen molar-refractivity contribution in [3.05, 3.63) is 23.3 Å². The van der Waals surface area contributed by atoms with Gasteiger partial charge in [0.2, 0.25) is 12.1 Å². The fourth-order valence-electron chi connectivity index (χ4n) is 9.77. The minimum atomic E-state index is -1.77. The van der Waals surface area contributed by atoms with Crippen molar-refractivity contribution in [2.45, 2.75) is 107 Å². The number of ether oxygens (including phenoxy) is 5. The number of methoxy groups -OCH3 is 1. The number of carbonyl (C=O) groups excluding carboxylic acids is 2. The second-order valence-electron chi connectivity index (χ2n) is 13.7. The van der Waals surface area contributed by atoms with Crippen LogP contribution < -0.4 is 0 Å². The van der Waals surface area contributed by atoms with E-state index in [0.29, 0.717) is 36.8 Å². The fourth-order valence-corrected chi connectivity index (χ4v) is 9.77.